The summed E-state index contributed by atoms with van der Waals surface area (Å²) < 4.78 is 5.42. The van der Waals surface area contributed by atoms with Crippen LogP contribution in [0, 0.1) is 0 Å². The molecule has 1 aromatic carbocycles. The van der Waals surface area contributed by atoms with E-state index in [9.17, 15) is 5.11 Å². The van der Waals surface area contributed by atoms with Gasteiger partial charge in [0, 0.05) is 0 Å². The first-order valence-corrected chi connectivity index (χ1v) is 4.81. The summed E-state index contributed by atoms with van der Waals surface area (Å²) in [5, 5.41) is 9.44. The molecule has 0 heterocycles. The monoisotopic (exact) mass is 192 g/mol. The van der Waals surface area contributed by atoms with Crippen LogP contribution in [0.1, 0.15) is 25.0 Å². The number of ether oxygens (including phenoxy) is 1. The molecule has 0 amide bonds. The van der Waals surface area contributed by atoms with E-state index in [-0.39, 0.29) is 0 Å². The van der Waals surface area contributed by atoms with Crippen molar-refractivity contribution < 1.29 is 9.84 Å². The zero-order chi connectivity index (χ0) is 10.4. The molecule has 0 aliphatic carbocycles. The van der Waals surface area contributed by atoms with E-state index in [1.807, 2.05) is 24.3 Å². The molecule has 1 aromatic rings. The Bertz CT molecular complexity index is 277. The van der Waals surface area contributed by atoms with Crippen LogP contribution < -0.4 is 4.74 Å². The average molecular weight is 192 g/mol. The van der Waals surface area contributed by atoms with Crippen LogP contribution in [0.3, 0.4) is 0 Å². The Morgan fingerprint density at radius 1 is 1.43 bits per heavy atom. The third-order valence-corrected chi connectivity index (χ3v) is 1.92. The maximum absolute atomic E-state index is 9.44. The lowest BCUT2D eigenvalue weighted by Gasteiger charge is -2.07. The topological polar surface area (TPSA) is 29.5 Å². The van der Waals surface area contributed by atoms with Gasteiger partial charge in [-0.2, -0.15) is 0 Å². The van der Waals surface area contributed by atoms with Crippen LogP contribution in [-0.2, 0) is 0 Å². The van der Waals surface area contributed by atoms with Gasteiger partial charge in [-0.25, -0.2) is 0 Å². The van der Waals surface area contributed by atoms with Crippen LogP contribution in [0.25, 0.3) is 0 Å². The maximum atomic E-state index is 9.44. The van der Waals surface area contributed by atoms with Crippen molar-refractivity contribution in [1.82, 2.24) is 0 Å². The Hall–Kier alpha value is -1.28. The predicted molar refractivity (Wildman–Crippen MR) is 57.4 cm³/mol. The predicted octanol–water partition coefficient (Wildman–Crippen LogP) is 2.69. The number of rotatable bonds is 5. The number of hydrogen-bond acceptors (Lipinski definition) is 2. The standard InChI is InChI=1S/C12H16O2/c1-3-9-14-11-7-5-10(6-8-11)12(13)4-2/h4-8,12-13H,2-3,9H2,1H3. The lowest BCUT2D eigenvalue weighted by atomic mass is 10.1. The van der Waals surface area contributed by atoms with Crippen LogP contribution in [0.2, 0.25) is 0 Å². The fourth-order valence-corrected chi connectivity index (χ4v) is 1.12. The minimum absolute atomic E-state index is 0.588. The lowest BCUT2D eigenvalue weighted by Crippen LogP contribution is -1.96. The third-order valence-electron chi connectivity index (χ3n) is 1.92. The van der Waals surface area contributed by atoms with Crippen LogP contribution in [-0.4, -0.2) is 11.7 Å². The second-order valence-corrected chi connectivity index (χ2v) is 3.10. The highest BCUT2D eigenvalue weighted by molar-refractivity contribution is 5.29. The van der Waals surface area contributed by atoms with Crippen LogP contribution in [0.5, 0.6) is 5.75 Å². The van der Waals surface area contributed by atoms with Gasteiger partial charge in [-0.3, -0.25) is 0 Å². The molecule has 0 aliphatic rings. The molecule has 0 saturated heterocycles. The van der Waals surface area contributed by atoms with Gasteiger partial charge in [0.2, 0.25) is 0 Å². The lowest BCUT2D eigenvalue weighted by molar-refractivity contribution is 0.229. The molecule has 1 unspecified atom stereocenters. The molecule has 0 aromatic heterocycles. The Labute approximate surface area is 84.8 Å². The van der Waals surface area contributed by atoms with Gasteiger partial charge >= 0.3 is 0 Å². The van der Waals surface area contributed by atoms with Crippen molar-refractivity contribution in [2.45, 2.75) is 19.4 Å². The van der Waals surface area contributed by atoms with Crippen molar-refractivity contribution >= 4 is 0 Å². The highest BCUT2D eigenvalue weighted by Crippen LogP contribution is 2.18. The van der Waals surface area contributed by atoms with Gasteiger partial charge < -0.3 is 9.84 Å². The number of aliphatic hydroxyl groups excluding tert-OH is 1. The fourth-order valence-electron chi connectivity index (χ4n) is 1.12. The average Bonchev–Trinajstić information content (AvgIpc) is 2.26. The van der Waals surface area contributed by atoms with Gasteiger partial charge in [0.15, 0.2) is 0 Å². The van der Waals surface area contributed by atoms with Crippen LogP contribution >= 0.6 is 0 Å². The van der Waals surface area contributed by atoms with Gasteiger partial charge in [-0.05, 0) is 24.1 Å². The summed E-state index contributed by atoms with van der Waals surface area (Å²) in [6, 6.07) is 7.41. The SMILES string of the molecule is C=CC(O)c1ccc(OCCC)cc1. The second kappa shape index (κ2) is 5.45. The van der Waals surface area contributed by atoms with E-state index in [1.54, 1.807) is 0 Å². The van der Waals surface area contributed by atoms with Crippen molar-refractivity contribution in [2.75, 3.05) is 6.61 Å². The quantitative estimate of drug-likeness (QED) is 0.727. The molecule has 2 nitrogen and oxygen atoms in total. The number of benzene rings is 1. The smallest absolute Gasteiger partial charge is 0.119 e. The summed E-state index contributed by atoms with van der Waals surface area (Å²) in [5.41, 5.74) is 0.837. The molecule has 1 N–H and O–H groups in total. The molecule has 0 radical (unpaired) electrons. The van der Waals surface area contributed by atoms with Gasteiger partial charge in [0.1, 0.15) is 5.75 Å². The molecule has 14 heavy (non-hydrogen) atoms. The molecule has 0 bridgehead atoms. The van der Waals surface area contributed by atoms with Crippen molar-refractivity contribution in [3.63, 3.8) is 0 Å². The van der Waals surface area contributed by atoms with Gasteiger partial charge in [0.05, 0.1) is 12.7 Å². The normalized spacial score (nSPS) is 12.1. The highest BCUT2D eigenvalue weighted by atomic mass is 16.5. The van der Waals surface area contributed by atoms with E-state index < -0.39 is 6.10 Å². The molecule has 0 spiro atoms. The maximum Gasteiger partial charge on any atom is 0.119 e. The summed E-state index contributed by atoms with van der Waals surface area (Å²) in [6.45, 7) is 6.32. The first kappa shape index (κ1) is 10.8. The van der Waals surface area contributed by atoms with E-state index in [1.165, 1.54) is 6.08 Å². The summed E-state index contributed by atoms with van der Waals surface area (Å²) in [6.07, 6.45) is 1.91. The summed E-state index contributed by atoms with van der Waals surface area (Å²) in [7, 11) is 0. The van der Waals surface area contributed by atoms with Crippen LogP contribution in [0.15, 0.2) is 36.9 Å². The minimum atomic E-state index is -0.588. The summed E-state index contributed by atoms with van der Waals surface area (Å²) >= 11 is 0. The summed E-state index contributed by atoms with van der Waals surface area (Å²) in [4.78, 5) is 0. The second-order valence-electron chi connectivity index (χ2n) is 3.10. The molecule has 76 valence electrons. The van der Waals surface area contributed by atoms with E-state index in [2.05, 4.69) is 13.5 Å². The zero-order valence-corrected chi connectivity index (χ0v) is 8.44. The first-order valence-electron chi connectivity index (χ1n) is 4.81. The fraction of sp³-hybridized carbons (Fsp3) is 0.333. The molecule has 0 aliphatic heterocycles. The van der Waals surface area contributed by atoms with Crippen molar-refractivity contribution in [2.24, 2.45) is 0 Å². The van der Waals surface area contributed by atoms with Crippen molar-refractivity contribution in [1.29, 1.82) is 0 Å². The molecule has 2 heteroatoms. The third kappa shape index (κ3) is 2.89. The number of aliphatic hydroxyl groups is 1. The largest absolute Gasteiger partial charge is 0.494 e. The molecule has 1 rings (SSSR count). The van der Waals surface area contributed by atoms with Gasteiger partial charge in [-0.1, -0.05) is 25.1 Å². The highest BCUT2D eigenvalue weighted by Gasteiger charge is 2.01. The zero-order valence-electron chi connectivity index (χ0n) is 8.44. The van der Waals surface area contributed by atoms with E-state index >= 15 is 0 Å². The molecule has 0 fully saturated rings. The van der Waals surface area contributed by atoms with Gasteiger partial charge in [-0.15, -0.1) is 6.58 Å². The molecular formula is C12H16O2. The summed E-state index contributed by atoms with van der Waals surface area (Å²) in [5.74, 6) is 0.840. The van der Waals surface area contributed by atoms with Crippen LogP contribution in [0.4, 0.5) is 0 Å². The van der Waals surface area contributed by atoms with Crippen molar-refractivity contribution in [3.8, 4) is 5.75 Å². The number of hydrogen-bond donors (Lipinski definition) is 1. The Balaban J connectivity index is 2.63. The van der Waals surface area contributed by atoms with Gasteiger partial charge in [0.25, 0.3) is 0 Å². The van der Waals surface area contributed by atoms with E-state index in [4.69, 9.17) is 4.74 Å². The Morgan fingerprint density at radius 2 is 2.07 bits per heavy atom. The molecule has 1 atom stereocenters. The van der Waals surface area contributed by atoms with E-state index in [0.717, 1.165) is 24.3 Å². The van der Waals surface area contributed by atoms with E-state index in [0.29, 0.717) is 0 Å². The van der Waals surface area contributed by atoms with Crippen molar-refractivity contribution in [3.05, 3.63) is 42.5 Å². The molecular weight excluding hydrogens is 176 g/mol. The minimum Gasteiger partial charge on any atom is -0.494 e. The molecule has 0 saturated carbocycles. The first-order chi connectivity index (χ1) is 6.77. The Morgan fingerprint density at radius 3 is 2.57 bits per heavy atom. The Kier molecular flexibility index (Phi) is 4.20.